The van der Waals surface area contributed by atoms with Crippen molar-refractivity contribution in [2.24, 2.45) is 0 Å². The predicted molar refractivity (Wildman–Crippen MR) is 166 cm³/mol. The number of benzene rings is 2. The monoisotopic (exact) mass is 1100 g/mol. The molecule has 2 aromatic carbocycles. The van der Waals surface area contributed by atoms with E-state index in [1.54, 1.807) is 0 Å². The van der Waals surface area contributed by atoms with Gasteiger partial charge < -0.3 is 9.11 Å². The molecule has 8 nitrogen and oxygen atoms in total. The van der Waals surface area contributed by atoms with Gasteiger partial charge in [-0.1, -0.05) is 48.5 Å². The molecule has 0 radical (unpaired) electrons. The zero-order chi connectivity index (χ0) is 34.5. The Hall–Kier alpha value is -0.999. The minimum atomic E-state index is -6.09. The fourth-order valence-electron chi connectivity index (χ4n) is 2.62. The molecule has 2 heterocycles. The fourth-order valence-corrected chi connectivity index (χ4v) is 2.62. The van der Waals surface area contributed by atoms with Gasteiger partial charge in [0.15, 0.2) is 20.2 Å². The first-order chi connectivity index (χ1) is 19.9. The first-order valence-electron chi connectivity index (χ1n) is 12.2. The number of hydrogen-bond acceptors (Lipinski definition) is 8. The molecule has 0 unspecified atom stereocenters. The molecular formula is C26H32Au2F6N2O6P2S2+2. The van der Waals surface area contributed by atoms with E-state index in [0.717, 1.165) is 22.2 Å². The third kappa shape index (κ3) is 19.1. The number of fused-ring (bicyclic) bond motifs is 2. The summed E-state index contributed by atoms with van der Waals surface area (Å²) in [5, 5.41) is 4.65. The maximum Gasteiger partial charge on any atom is 1.00 e. The molecule has 0 spiro atoms. The van der Waals surface area contributed by atoms with Crippen molar-refractivity contribution in [3.63, 3.8) is 0 Å². The predicted octanol–water partition coefficient (Wildman–Crippen LogP) is 6.73. The van der Waals surface area contributed by atoms with Gasteiger partial charge in [-0.3, -0.25) is 9.97 Å². The third-order valence-corrected chi connectivity index (χ3v) is 5.27. The average molecular weight is 1100 g/mol. The van der Waals surface area contributed by atoms with E-state index in [2.05, 4.69) is 74.2 Å². The van der Waals surface area contributed by atoms with Crippen LogP contribution in [0.4, 0.5) is 26.3 Å². The van der Waals surface area contributed by atoms with Crippen LogP contribution < -0.4 is 0 Å². The van der Waals surface area contributed by atoms with Crippen LogP contribution in [0, 0.1) is 0 Å². The van der Waals surface area contributed by atoms with Crippen molar-refractivity contribution < 1.29 is 97.0 Å². The first kappa shape index (κ1) is 49.4. The van der Waals surface area contributed by atoms with E-state index < -0.39 is 31.3 Å². The molecule has 266 valence electrons. The van der Waals surface area contributed by atoms with E-state index >= 15 is 0 Å². The van der Waals surface area contributed by atoms with Crippen molar-refractivity contribution in [1.82, 2.24) is 9.97 Å². The Balaban J connectivity index is -0.000000600. The SMILES string of the molecule is C[PH+](C)C.C[PH+](C)C.O=S(=O)([O-])C(F)(F)F.O=S(=O)([O-])C(F)(F)F.[Au+].[Au+].c1ccc2c(-c3nccc4ccccc34)nccc2c1. The molecule has 0 aliphatic rings. The van der Waals surface area contributed by atoms with Crippen LogP contribution in [0.15, 0.2) is 73.1 Å². The molecule has 0 aliphatic heterocycles. The summed E-state index contributed by atoms with van der Waals surface area (Å²) in [7, 11) is -11.9. The minimum absolute atomic E-state index is 0. The Kier molecular flexibility index (Phi) is 23.5. The number of rotatable bonds is 1. The number of alkyl halides is 6. The Morgan fingerprint density at radius 1 is 0.543 bits per heavy atom. The summed E-state index contributed by atoms with van der Waals surface area (Å²) in [6.45, 7) is 13.6. The van der Waals surface area contributed by atoms with Gasteiger partial charge in [0.2, 0.25) is 0 Å². The molecule has 0 fully saturated rings. The minimum Gasteiger partial charge on any atom is -0.741 e. The molecule has 0 bridgehead atoms. The van der Waals surface area contributed by atoms with E-state index in [0.29, 0.717) is 0 Å². The topological polar surface area (TPSA) is 140 Å². The van der Waals surface area contributed by atoms with Crippen molar-refractivity contribution >= 4 is 57.6 Å². The summed E-state index contributed by atoms with van der Waals surface area (Å²) >= 11 is 0. The van der Waals surface area contributed by atoms with Crippen molar-refractivity contribution in [2.75, 3.05) is 40.0 Å². The molecule has 46 heavy (non-hydrogen) atoms. The maximum absolute atomic E-state index is 10.7. The van der Waals surface area contributed by atoms with Crippen LogP contribution in [0.5, 0.6) is 0 Å². The number of pyridine rings is 2. The Morgan fingerprint density at radius 3 is 0.978 bits per heavy atom. The van der Waals surface area contributed by atoms with Crippen molar-refractivity contribution in [2.45, 2.75) is 11.0 Å². The van der Waals surface area contributed by atoms with Gasteiger partial charge in [-0.25, -0.2) is 16.8 Å². The quantitative estimate of drug-likeness (QED) is 0.0673. The largest absolute Gasteiger partial charge is 1.00 e. The fraction of sp³-hybridized carbons (Fsp3) is 0.308. The molecule has 0 N–H and O–H groups in total. The van der Waals surface area contributed by atoms with E-state index in [9.17, 15) is 26.3 Å². The third-order valence-electron chi connectivity index (χ3n) is 4.14. The second-order valence-electron chi connectivity index (χ2n) is 9.56. The molecule has 0 amide bonds. The average Bonchev–Trinajstić information content (AvgIpc) is 2.86. The van der Waals surface area contributed by atoms with Crippen molar-refractivity contribution in [3.05, 3.63) is 73.1 Å². The normalized spacial score (nSPS) is 11.2. The zero-order valence-electron chi connectivity index (χ0n) is 25.0. The van der Waals surface area contributed by atoms with Gasteiger partial charge in [0, 0.05) is 63.2 Å². The van der Waals surface area contributed by atoms with E-state index in [1.165, 1.54) is 10.8 Å². The summed E-state index contributed by atoms with van der Waals surface area (Å²) in [6.07, 6.45) is 3.70. The van der Waals surface area contributed by atoms with Gasteiger partial charge in [-0.2, -0.15) is 26.3 Å². The Labute approximate surface area is 298 Å². The Bertz CT molecular complexity index is 1560. The summed E-state index contributed by atoms with van der Waals surface area (Å²) in [6, 6.07) is 20.6. The molecule has 4 aromatic rings. The van der Waals surface area contributed by atoms with Crippen LogP contribution in [0.25, 0.3) is 32.9 Å². The van der Waals surface area contributed by atoms with Crippen LogP contribution in [-0.4, -0.2) is 86.9 Å². The van der Waals surface area contributed by atoms with Gasteiger partial charge in [0.05, 0.1) is 11.4 Å². The first-order valence-corrected chi connectivity index (χ1v) is 21.0. The number of halogens is 6. The number of hydrogen-bond donors (Lipinski definition) is 0. The molecular weight excluding hydrogens is 1070 g/mol. The summed E-state index contributed by atoms with van der Waals surface area (Å²) in [5.74, 6) is 0. The van der Waals surface area contributed by atoms with Crippen molar-refractivity contribution in [1.29, 1.82) is 0 Å². The molecule has 20 heteroatoms. The van der Waals surface area contributed by atoms with Gasteiger partial charge in [-0.05, 0) is 38.7 Å². The zero-order valence-corrected chi connectivity index (χ0v) is 32.9. The summed E-state index contributed by atoms with van der Waals surface area (Å²) < 4.78 is 118. The van der Waals surface area contributed by atoms with Crippen LogP contribution in [0.3, 0.4) is 0 Å². The maximum atomic E-state index is 10.7. The van der Waals surface area contributed by atoms with Crippen molar-refractivity contribution in [3.8, 4) is 11.4 Å². The second kappa shape index (κ2) is 21.9. The van der Waals surface area contributed by atoms with Gasteiger partial charge in [0.1, 0.15) is 0 Å². The smallest absolute Gasteiger partial charge is 0.741 e. The number of nitrogens with zero attached hydrogens (tertiary/aromatic N) is 2. The molecule has 0 saturated carbocycles. The molecule has 2 aromatic heterocycles. The van der Waals surface area contributed by atoms with E-state index in [1.807, 2.05) is 48.8 Å². The van der Waals surface area contributed by atoms with E-state index in [-0.39, 0.29) is 60.6 Å². The van der Waals surface area contributed by atoms with Crippen LogP contribution >= 0.6 is 15.8 Å². The van der Waals surface area contributed by atoms with Gasteiger partial charge in [0.25, 0.3) is 0 Å². The Morgan fingerprint density at radius 2 is 0.761 bits per heavy atom. The molecule has 0 saturated heterocycles. The van der Waals surface area contributed by atoms with Crippen LogP contribution in [0.1, 0.15) is 0 Å². The number of aromatic nitrogens is 2. The molecule has 4 rings (SSSR count). The standard InChI is InChI=1S/C18H12N2.2C3H9P.2CHF3O3S.2Au/c1-3-7-15-13(5-1)9-11-19-17(15)18-16-8-4-2-6-14(16)10-12-20-18;2*1-4(2)3;2*2-1(3,4)8(5,6)7;;/h1-12H;2*1-3H3;2*(H,5,6,7);;/q;;;;;2*+1. The van der Waals surface area contributed by atoms with Gasteiger partial charge >= 0.3 is 55.8 Å². The van der Waals surface area contributed by atoms with E-state index in [4.69, 9.17) is 25.9 Å². The van der Waals surface area contributed by atoms with Gasteiger partial charge in [-0.15, -0.1) is 0 Å². The van der Waals surface area contributed by atoms with Crippen LogP contribution in [0.2, 0.25) is 0 Å². The molecule has 0 atom stereocenters. The second-order valence-corrected chi connectivity index (χ2v) is 18.3. The molecule has 0 aliphatic carbocycles. The summed E-state index contributed by atoms with van der Waals surface area (Å²) in [4.78, 5) is 9.13. The summed E-state index contributed by atoms with van der Waals surface area (Å²) in [5.41, 5.74) is -9.40. The van der Waals surface area contributed by atoms with Crippen LogP contribution in [-0.2, 0) is 65.0 Å².